The largest absolute Gasteiger partial charge is 0.618 e. The molecule has 0 aliphatic rings. The van der Waals surface area contributed by atoms with Gasteiger partial charge in [-0.05, 0) is 19.1 Å². The normalized spacial score (nSPS) is 11.3. The van der Waals surface area contributed by atoms with E-state index in [0.29, 0.717) is 4.73 Å². The van der Waals surface area contributed by atoms with Gasteiger partial charge < -0.3 is 9.94 Å². The third kappa shape index (κ3) is 3.33. The van der Waals surface area contributed by atoms with Crippen LogP contribution < -0.4 is 4.73 Å². The van der Waals surface area contributed by atoms with E-state index in [1.807, 2.05) is 0 Å². The molecule has 0 atom stereocenters. The fourth-order valence-electron chi connectivity index (χ4n) is 1.75. The van der Waals surface area contributed by atoms with Crippen molar-refractivity contribution in [3.05, 3.63) is 53.0 Å². The predicted octanol–water partition coefficient (Wildman–Crippen LogP) is 2.58. The molecule has 116 valence electrons. The second-order valence-corrected chi connectivity index (χ2v) is 4.25. The van der Waals surface area contributed by atoms with Gasteiger partial charge in [0.25, 0.3) is 0 Å². The molecule has 0 amide bonds. The van der Waals surface area contributed by atoms with E-state index in [9.17, 15) is 23.2 Å². The van der Waals surface area contributed by atoms with Crippen LogP contribution in [-0.2, 0) is 10.9 Å². The van der Waals surface area contributed by atoms with E-state index in [-0.39, 0.29) is 23.6 Å². The molecule has 0 saturated heterocycles. The van der Waals surface area contributed by atoms with E-state index in [0.717, 1.165) is 24.4 Å². The van der Waals surface area contributed by atoms with Crippen molar-refractivity contribution in [1.29, 1.82) is 0 Å². The highest BCUT2D eigenvalue weighted by Crippen LogP contribution is 2.28. The Hall–Kier alpha value is -2.64. The van der Waals surface area contributed by atoms with Gasteiger partial charge in [0, 0.05) is 12.1 Å². The smallest absolute Gasteiger partial charge is 0.433 e. The Morgan fingerprint density at radius 1 is 1.36 bits per heavy atom. The van der Waals surface area contributed by atoms with Gasteiger partial charge in [0.1, 0.15) is 11.4 Å². The lowest BCUT2D eigenvalue weighted by Crippen LogP contribution is -2.29. The zero-order valence-electron chi connectivity index (χ0n) is 11.4. The van der Waals surface area contributed by atoms with Crippen LogP contribution in [0.15, 0.2) is 36.5 Å². The van der Waals surface area contributed by atoms with Crippen LogP contribution in [0.25, 0.3) is 11.4 Å². The highest BCUT2D eigenvalue weighted by Gasteiger charge is 2.33. The Bertz CT molecular complexity index is 702. The maximum atomic E-state index is 12.7. The first-order chi connectivity index (χ1) is 10.3. The van der Waals surface area contributed by atoms with Crippen molar-refractivity contribution in [2.45, 2.75) is 13.1 Å². The molecule has 0 spiro atoms. The third-order valence-electron chi connectivity index (χ3n) is 2.73. The Morgan fingerprint density at radius 2 is 2.09 bits per heavy atom. The number of alkyl halides is 3. The van der Waals surface area contributed by atoms with Gasteiger partial charge in [0.2, 0.25) is 5.69 Å². The number of rotatable bonds is 3. The standard InChI is InChI=1S/C14H11F3N2O3/c1-2-22-13(20)9-6-7-19(21)11(8-9)10-4-3-5-12(18-10)14(15,16)17/h3-8H,2H2,1H3. The number of carbonyl (C=O) groups excluding carboxylic acids is 1. The van der Waals surface area contributed by atoms with Crippen LogP contribution in [0.4, 0.5) is 13.2 Å². The Labute approximate surface area is 123 Å². The van der Waals surface area contributed by atoms with Gasteiger partial charge in [-0.1, -0.05) is 6.07 Å². The van der Waals surface area contributed by atoms with E-state index in [1.165, 1.54) is 12.1 Å². The van der Waals surface area contributed by atoms with Crippen molar-refractivity contribution in [1.82, 2.24) is 4.98 Å². The molecule has 0 aromatic carbocycles. The molecule has 0 saturated carbocycles. The molecule has 2 aromatic rings. The summed E-state index contributed by atoms with van der Waals surface area (Å²) < 4.78 is 43.1. The van der Waals surface area contributed by atoms with Gasteiger partial charge in [-0.2, -0.15) is 17.9 Å². The van der Waals surface area contributed by atoms with Gasteiger partial charge in [0.05, 0.1) is 12.2 Å². The Morgan fingerprint density at radius 3 is 2.73 bits per heavy atom. The van der Waals surface area contributed by atoms with E-state index >= 15 is 0 Å². The first-order valence-electron chi connectivity index (χ1n) is 6.28. The minimum Gasteiger partial charge on any atom is -0.618 e. The summed E-state index contributed by atoms with van der Waals surface area (Å²) in [6.07, 6.45) is -3.61. The Balaban J connectivity index is 2.48. The molecule has 0 aliphatic heterocycles. The fraction of sp³-hybridized carbons (Fsp3) is 0.214. The van der Waals surface area contributed by atoms with Crippen LogP contribution in [0, 0.1) is 5.21 Å². The van der Waals surface area contributed by atoms with E-state index in [2.05, 4.69) is 4.98 Å². The molecule has 0 radical (unpaired) electrons. The zero-order chi connectivity index (χ0) is 16.3. The third-order valence-corrected chi connectivity index (χ3v) is 2.73. The molecular formula is C14H11F3N2O3. The maximum Gasteiger partial charge on any atom is 0.433 e. The number of pyridine rings is 2. The van der Waals surface area contributed by atoms with Crippen LogP contribution in [0.1, 0.15) is 23.0 Å². The van der Waals surface area contributed by atoms with Crippen LogP contribution in [0.3, 0.4) is 0 Å². The number of ether oxygens (including phenoxy) is 1. The monoisotopic (exact) mass is 312 g/mol. The van der Waals surface area contributed by atoms with Gasteiger partial charge in [0.15, 0.2) is 6.20 Å². The van der Waals surface area contributed by atoms with Crippen LogP contribution in [0.5, 0.6) is 0 Å². The van der Waals surface area contributed by atoms with Crippen LogP contribution in [0.2, 0.25) is 0 Å². The average molecular weight is 312 g/mol. The summed E-state index contributed by atoms with van der Waals surface area (Å²) in [5.74, 6) is -0.670. The van der Waals surface area contributed by atoms with Gasteiger partial charge in [-0.15, -0.1) is 0 Å². The number of nitrogens with zero attached hydrogens (tertiary/aromatic N) is 2. The number of hydrogen-bond donors (Lipinski definition) is 0. The SMILES string of the molecule is CCOC(=O)c1cc[n+]([O-])c(-c2cccc(C(F)(F)F)n2)c1. The topological polar surface area (TPSA) is 66.1 Å². The lowest BCUT2D eigenvalue weighted by molar-refractivity contribution is -0.593. The lowest BCUT2D eigenvalue weighted by Gasteiger charge is -2.09. The van der Waals surface area contributed by atoms with Gasteiger partial charge in [-0.3, -0.25) is 0 Å². The molecule has 0 fully saturated rings. The minimum atomic E-state index is -4.62. The number of halogens is 3. The molecule has 0 bridgehead atoms. The maximum absolute atomic E-state index is 12.7. The second kappa shape index (κ2) is 6.00. The molecule has 0 aliphatic carbocycles. The van der Waals surface area contributed by atoms with Crippen LogP contribution in [-0.4, -0.2) is 17.6 Å². The predicted molar refractivity (Wildman–Crippen MR) is 69.6 cm³/mol. The van der Waals surface area contributed by atoms with E-state index < -0.39 is 17.8 Å². The number of carbonyl (C=O) groups is 1. The number of aromatic nitrogens is 2. The molecule has 2 heterocycles. The second-order valence-electron chi connectivity index (χ2n) is 4.25. The van der Waals surface area contributed by atoms with Crippen molar-refractivity contribution in [3.63, 3.8) is 0 Å². The van der Waals surface area contributed by atoms with E-state index in [1.54, 1.807) is 6.92 Å². The van der Waals surface area contributed by atoms with E-state index in [4.69, 9.17) is 4.74 Å². The van der Waals surface area contributed by atoms with Crippen molar-refractivity contribution >= 4 is 5.97 Å². The summed E-state index contributed by atoms with van der Waals surface area (Å²) in [7, 11) is 0. The minimum absolute atomic E-state index is 0.0585. The van der Waals surface area contributed by atoms with Crippen molar-refractivity contribution in [2.24, 2.45) is 0 Å². The molecule has 22 heavy (non-hydrogen) atoms. The highest BCUT2D eigenvalue weighted by molar-refractivity contribution is 5.90. The summed E-state index contributed by atoms with van der Waals surface area (Å²) in [5, 5.41) is 11.8. The zero-order valence-corrected chi connectivity index (χ0v) is 11.4. The molecule has 0 unspecified atom stereocenters. The van der Waals surface area contributed by atoms with Crippen molar-refractivity contribution < 1.29 is 27.4 Å². The fourth-order valence-corrected chi connectivity index (χ4v) is 1.75. The van der Waals surface area contributed by atoms with Crippen molar-refractivity contribution in [3.8, 4) is 11.4 Å². The number of hydrogen-bond acceptors (Lipinski definition) is 4. The van der Waals surface area contributed by atoms with Crippen molar-refractivity contribution in [2.75, 3.05) is 6.61 Å². The van der Waals surface area contributed by atoms with Gasteiger partial charge >= 0.3 is 12.1 Å². The van der Waals surface area contributed by atoms with Crippen LogP contribution >= 0.6 is 0 Å². The lowest BCUT2D eigenvalue weighted by atomic mass is 10.1. The molecule has 0 N–H and O–H groups in total. The molecule has 8 heteroatoms. The summed E-state index contributed by atoms with van der Waals surface area (Å²) in [6.45, 7) is 1.76. The summed E-state index contributed by atoms with van der Waals surface area (Å²) >= 11 is 0. The summed E-state index contributed by atoms with van der Waals surface area (Å²) in [6, 6.07) is 5.57. The quantitative estimate of drug-likeness (QED) is 0.496. The molecule has 2 rings (SSSR count). The first kappa shape index (κ1) is 15.7. The van der Waals surface area contributed by atoms with Gasteiger partial charge in [-0.25, -0.2) is 9.78 Å². The number of esters is 1. The summed E-state index contributed by atoms with van der Waals surface area (Å²) in [4.78, 5) is 15.1. The Kier molecular flexibility index (Phi) is 4.30. The first-order valence-corrected chi connectivity index (χ1v) is 6.28. The average Bonchev–Trinajstić information content (AvgIpc) is 2.47. The molecule has 5 nitrogen and oxygen atoms in total. The molecular weight excluding hydrogens is 301 g/mol. The molecule has 2 aromatic heterocycles. The summed E-state index contributed by atoms with van der Waals surface area (Å²) in [5.41, 5.74) is -1.41. The highest BCUT2D eigenvalue weighted by atomic mass is 19.4.